The number of aromatic nitrogens is 2. The van der Waals surface area contributed by atoms with Crippen LogP contribution in [0.1, 0.15) is 24.7 Å². The van der Waals surface area contributed by atoms with E-state index in [1.807, 2.05) is 12.1 Å². The van der Waals surface area contributed by atoms with Crippen LogP contribution in [0.5, 0.6) is 0 Å². The Bertz CT molecular complexity index is 770. The van der Waals surface area contributed by atoms with Crippen molar-refractivity contribution in [3.8, 4) is 0 Å². The van der Waals surface area contributed by atoms with Gasteiger partial charge in [0, 0.05) is 19.2 Å². The first-order valence-electron chi connectivity index (χ1n) is 7.49. The number of morpholine rings is 1. The van der Waals surface area contributed by atoms with Crippen LogP contribution in [0.4, 0.5) is 5.69 Å². The minimum Gasteiger partial charge on any atom is -0.366 e. The molecule has 0 saturated carbocycles. The number of hydrogen-bond acceptors (Lipinski definition) is 7. The summed E-state index contributed by atoms with van der Waals surface area (Å²) in [6, 6.07) is 6.95. The second-order valence-electron chi connectivity index (χ2n) is 5.37. The second kappa shape index (κ2) is 6.29. The molecule has 1 aliphatic heterocycles. The molecule has 1 aliphatic rings. The molecule has 0 aliphatic carbocycles. The Hall–Kier alpha value is -1.93. The average molecular weight is 337 g/mol. The predicted octanol–water partition coefficient (Wildman–Crippen LogP) is 1.75. The summed E-state index contributed by atoms with van der Waals surface area (Å²) in [5.74, 6) is 1.15. The molecule has 0 amide bonds. The van der Waals surface area contributed by atoms with Gasteiger partial charge in [0.1, 0.15) is 6.10 Å². The predicted molar refractivity (Wildman–Crippen MR) is 84.1 cm³/mol. The Morgan fingerprint density at radius 2 is 2.04 bits per heavy atom. The lowest BCUT2D eigenvalue weighted by molar-refractivity contribution is 0.0326. The molecule has 1 unspecified atom stereocenters. The number of benzene rings is 1. The molecular weight excluding hydrogens is 318 g/mol. The molecule has 0 spiro atoms. The summed E-state index contributed by atoms with van der Waals surface area (Å²) in [4.78, 5) is 6.69. The van der Waals surface area contributed by atoms with Gasteiger partial charge in [0.25, 0.3) is 0 Å². The molecular formula is C15H19N3O4S. The van der Waals surface area contributed by atoms with E-state index in [1.54, 1.807) is 26.0 Å². The van der Waals surface area contributed by atoms with E-state index in [4.69, 9.17) is 9.26 Å². The van der Waals surface area contributed by atoms with Gasteiger partial charge >= 0.3 is 0 Å². The normalized spacial score (nSPS) is 19.0. The topological polar surface area (TPSA) is 85.5 Å². The van der Waals surface area contributed by atoms with Crippen LogP contribution in [0.25, 0.3) is 0 Å². The van der Waals surface area contributed by atoms with Crippen LogP contribution in [0.2, 0.25) is 0 Å². The molecule has 2 aromatic rings. The van der Waals surface area contributed by atoms with Gasteiger partial charge in [0.05, 0.1) is 23.8 Å². The minimum absolute atomic E-state index is 0.100. The molecule has 0 N–H and O–H groups in total. The standard InChI is InChI=1S/C15H19N3O4S/c1-3-23(19,20)13-6-4-12(5-7-13)18-8-9-21-14(10-18)15-16-11(2)22-17-15/h4-7,14H,3,8-10H2,1-2H3. The zero-order chi connectivity index (χ0) is 16.4. The zero-order valence-corrected chi connectivity index (χ0v) is 13.9. The summed E-state index contributed by atoms with van der Waals surface area (Å²) in [6.07, 6.45) is -0.250. The van der Waals surface area contributed by atoms with Crippen LogP contribution in [0.3, 0.4) is 0 Å². The van der Waals surface area contributed by atoms with Crippen LogP contribution in [-0.2, 0) is 14.6 Å². The molecule has 7 nitrogen and oxygen atoms in total. The summed E-state index contributed by atoms with van der Waals surface area (Å²) < 4.78 is 34.4. The van der Waals surface area contributed by atoms with Gasteiger partial charge in [-0.15, -0.1) is 0 Å². The van der Waals surface area contributed by atoms with Crippen LogP contribution in [0.15, 0.2) is 33.7 Å². The summed E-state index contributed by atoms with van der Waals surface area (Å²) in [7, 11) is -3.17. The molecule has 0 radical (unpaired) electrons. The largest absolute Gasteiger partial charge is 0.366 e. The van der Waals surface area contributed by atoms with E-state index in [9.17, 15) is 8.42 Å². The molecule has 1 fully saturated rings. The zero-order valence-electron chi connectivity index (χ0n) is 13.1. The third-order valence-corrected chi connectivity index (χ3v) is 5.59. The molecule has 23 heavy (non-hydrogen) atoms. The Kier molecular flexibility index (Phi) is 4.36. The highest BCUT2D eigenvalue weighted by Gasteiger charge is 2.26. The van der Waals surface area contributed by atoms with Crippen molar-refractivity contribution in [3.63, 3.8) is 0 Å². The summed E-state index contributed by atoms with van der Waals surface area (Å²) in [6.45, 7) is 5.26. The molecule has 1 saturated heterocycles. The Morgan fingerprint density at radius 3 is 2.65 bits per heavy atom. The number of sulfone groups is 1. The third kappa shape index (κ3) is 3.37. The van der Waals surface area contributed by atoms with Gasteiger partial charge in [0.15, 0.2) is 9.84 Å². The maximum absolute atomic E-state index is 11.9. The van der Waals surface area contributed by atoms with Gasteiger partial charge in [-0.25, -0.2) is 8.42 Å². The van der Waals surface area contributed by atoms with E-state index in [-0.39, 0.29) is 11.9 Å². The molecule has 1 atom stereocenters. The third-order valence-electron chi connectivity index (χ3n) is 3.84. The maximum atomic E-state index is 11.9. The first-order valence-corrected chi connectivity index (χ1v) is 9.14. The molecule has 124 valence electrons. The van der Waals surface area contributed by atoms with Crippen molar-refractivity contribution in [2.75, 3.05) is 30.3 Å². The maximum Gasteiger partial charge on any atom is 0.223 e. The highest BCUT2D eigenvalue weighted by molar-refractivity contribution is 7.91. The number of nitrogens with zero attached hydrogens (tertiary/aromatic N) is 3. The fourth-order valence-electron chi connectivity index (χ4n) is 2.52. The number of hydrogen-bond donors (Lipinski definition) is 0. The van der Waals surface area contributed by atoms with E-state index in [0.717, 1.165) is 12.2 Å². The van der Waals surface area contributed by atoms with Crippen molar-refractivity contribution in [1.29, 1.82) is 0 Å². The first kappa shape index (κ1) is 15.9. The Morgan fingerprint density at radius 1 is 1.30 bits per heavy atom. The van der Waals surface area contributed by atoms with Gasteiger partial charge in [-0.3, -0.25) is 0 Å². The Labute approximate surface area is 135 Å². The van der Waals surface area contributed by atoms with Gasteiger partial charge in [-0.2, -0.15) is 4.98 Å². The number of ether oxygens (including phenoxy) is 1. The van der Waals surface area contributed by atoms with Crippen LogP contribution >= 0.6 is 0 Å². The SMILES string of the molecule is CCS(=O)(=O)c1ccc(N2CCOC(c3noc(C)n3)C2)cc1. The Balaban J connectivity index is 1.76. The quantitative estimate of drug-likeness (QED) is 0.840. The lowest BCUT2D eigenvalue weighted by Crippen LogP contribution is -2.38. The molecule has 3 rings (SSSR count). The molecule has 1 aromatic carbocycles. The number of anilines is 1. The van der Waals surface area contributed by atoms with E-state index < -0.39 is 9.84 Å². The van der Waals surface area contributed by atoms with E-state index in [1.165, 1.54) is 0 Å². The van der Waals surface area contributed by atoms with Crippen LogP contribution in [0, 0.1) is 6.92 Å². The van der Waals surface area contributed by atoms with Crippen molar-refractivity contribution in [1.82, 2.24) is 10.1 Å². The summed E-state index contributed by atoms with van der Waals surface area (Å²) in [5.41, 5.74) is 0.952. The minimum atomic E-state index is -3.17. The van der Waals surface area contributed by atoms with Gasteiger partial charge in [-0.05, 0) is 24.3 Å². The highest BCUT2D eigenvalue weighted by Crippen LogP contribution is 2.25. The number of aryl methyl sites for hydroxylation is 1. The van der Waals surface area contributed by atoms with Crippen LogP contribution < -0.4 is 4.90 Å². The fraction of sp³-hybridized carbons (Fsp3) is 0.467. The summed E-state index contributed by atoms with van der Waals surface area (Å²) >= 11 is 0. The lowest BCUT2D eigenvalue weighted by atomic mass is 10.2. The smallest absolute Gasteiger partial charge is 0.223 e. The van der Waals surface area contributed by atoms with Gasteiger partial charge < -0.3 is 14.2 Å². The number of rotatable bonds is 4. The van der Waals surface area contributed by atoms with Crippen molar-refractivity contribution in [2.24, 2.45) is 0 Å². The fourth-order valence-corrected chi connectivity index (χ4v) is 3.40. The highest BCUT2D eigenvalue weighted by atomic mass is 32.2. The van der Waals surface area contributed by atoms with E-state index >= 15 is 0 Å². The van der Waals surface area contributed by atoms with Gasteiger partial charge in [-0.1, -0.05) is 12.1 Å². The average Bonchev–Trinajstić information content (AvgIpc) is 3.02. The van der Waals surface area contributed by atoms with Crippen molar-refractivity contribution in [3.05, 3.63) is 36.0 Å². The van der Waals surface area contributed by atoms with Gasteiger partial charge in [0.2, 0.25) is 11.7 Å². The second-order valence-corrected chi connectivity index (χ2v) is 7.65. The molecule has 2 heterocycles. The van der Waals surface area contributed by atoms with Crippen molar-refractivity contribution in [2.45, 2.75) is 24.8 Å². The van der Waals surface area contributed by atoms with Crippen molar-refractivity contribution < 1.29 is 17.7 Å². The lowest BCUT2D eigenvalue weighted by Gasteiger charge is -2.33. The first-order chi connectivity index (χ1) is 11.0. The monoisotopic (exact) mass is 337 g/mol. The molecule has 1 aromatic heterocycles. The van der Waals surface area contributed by atoms with E-state index in [0.29, 0.717) is 29.8 Å². The van der Waals surface area contributed by atoms with Crippen LogP contribution in [-0.4, -0.2) is 44.0 Å². The van der Waals surface area contributed by atoms with E-state index in [2.05, 4.69) is 15.0 Å². The molecule has 8 heteroatoms. The molecule has 0 bridgehead atoms. The summed E-state index contributed by atoms with van der Waals surface area (Å²) in [5, 5.41) is 3.91. The van der Waals surface area contributed by atoms with Crippen molar-refractivity contribution >= 4 is 15.5 Å².